The Kier molecular flexibility index (Phi) is 4.27. The first-order valence-electron chi connectivity index (χ1n) is 4.68. The molecule has 0 fully saturated rings. The molecular weight excluding hydrogens is 309 g/mol. The van der Waals surface area contributed by atoms with Crippen LogP contribution < -0.4 is 0 Å². The van der Waals surface area contributed by atoms with Crippen LogP contribution in [0.25, 0.3) is 0 Å². The van der Waals surface area contributed by atoms with E-state index in [2.05, 4.69) is 4.18 Å². The van der Waals surface area contributed by atoms with E-state index in [0.29, 0.717) is 0 Å². The third kappa shape index (κ3) is 4.80. The van der Waals surface area contributed by atoms with E-state index in [1.807, 2.05) is 0 Å². The van der Waals surface area contributed by atoms with Gasteiger partial charge < -0.3 is 0 Å². The predicted octanol–water partition coefficient (Wildman–Crippen LogP) is 1.36. The summed E-state index contributed by atoms with van der Waals surface area (Å²) in [5.74, 6) is 0. The Labute approximate surface area is 108 Å². The molecule has 1 aromatic rings. The summed E-state index contributed by atoms with van der Waals surface area (Å²) < 4.78 is 84.3. The van der Waals surface area contributed by atoms with Crippen molar-refractivity contribution >= 4 is 20.0 Å². The minimum Gasteiger partial charge on any atom is -0.257 e. The van der Waals surface area contributed by atoms with E-state index in [1.165, 1.54) is 0 Å². The summed E-state index contributed by atoms with van der Waals surface area (Å²) in [6, 6.07) is 3.67. The van der Waals surface area contributed by atoms with Gasteiger partial charge in [0, 0.05) is 6.26 Å². The smallest absolute Gasteiger partial charge is 0.257 e. The largest absolute Gasteiger partial charge is 0.413 e. The molecule has 0 aromatic heterocycles. The van der Waals surface area contributed by atoms with Crippen molar-refractivity contribution in [2.45, 2.75) is 16.0 Å². The lowest BCUT2D eigenvalue weighted by atomic mass is 10.4. The van der Waals surface area contributed by atoms with Crippen molar-refractivity contribution in [2.75, 3.05) is 12.9 Å². The SMILES string of the molecule is CS(=O)(=O)c1ccc(S(=O)(=O)OCC(F)(F)F)cc1. The Morgan fingerprint density at radius 2 is 1.42 bits per heavy atom. The van der Waals surface area contributed by atoms with E-state index in [-0.39, 0.29) is 4.90 Å². The summed E-state index contributed by atoms with van der Waals surface area (Å²) in [5.41, 5.74) is 0. The van der Waals surface area contributed by atoms with E-state index in [9.17, 15) is 30.0 Å². The maximum absolute atomic E-state index is 11.9. The molecule has 0 bridgehead atoms. The third-order valence-corrected chi connectivity index (χ3v) is 4.32. The van der Waals surface area contributed by atoms with Gasteiger partial charge in [0.25, 0.3) is 10.1 Å². The van der Waals surface area contributed by atoms with Gasteiger partial charge in [0.15, 0.2) is 16.4 Å². The van der Waals surface area contributed by atoms with Gasteiger partial charge in [-0.3, -0.25) is 4.18 Å². The fraction of sp³-hybridized carbons (Fsp3) is 0.333. The average Bonchev–Trinajstić information content (AvgIpc) is 2.25. The van der Waals surface area contributed by atoms with E-state index < -0.39 is 37.6 Å². The van der Waals surface area contributed by atoms with Crippen LogP contribution in [0.2, 0.25) is 0 Å². The zero-order valence-electron chi connectivity index (χ0n) is 9.51. The zero-order valence-corrected chi connectivity index (χ0v) is 11.1. The van der Waals surface area contributed by atoms with Gasteiger partial charge in [-0.15, -0.1) is 0 Å². The topological polar surface area (TPSA) is 77.5 Å². The van der Waals surface area contributed by atoms with Gasteiger partial charge in [-0.2, -0.15) is 21.6 Å². The van der Waals surface area contributed by atoms with Crippen LogP contribution in [-0.4, -0.2) is 35.9 Å². The minimum absolute atomic E-state index is 0.151. The number of benzene rings is 1. The van der Waals surface area contributed by atoms with Crippen molar-refractivity contribution in [3.63, 3.8) is 0 Å². The van der Waals surface area contributed by atoms with Crippen molar-refractivity contribution in [1.82, 2.24) is 0 Å². The molecule has 0 radical (unpaired) electrons. The van der Waals surface area contributed by atoms with Crippen molar-refractivity contribution in [2.24, 2.45) is 0 Å². The van der Waals surface area contributed by atoms with Gasteiger partial charge in [-0.1, -0.05) is 0 Å². The van der Waals surface area contributed by atoms with Crippen molar-refractivity contribution < 1.29 is 34.2 Å². The molecule has 0 amide bonds. The van der Waals surface area contributed by atoms with Crippen LogP contribution >= 0.6 is 0 Å². The molecule has 108 valence electrons. The molecule has 19 heavy (non-hydrogen) atoms. The molecule has 0 atom stereocenters. The Hall–Kier alpha value is -1.13. The number of hydrogen-bond donors (Lipinski definition) is 0. The quantitative estimate of drug-likeness (QED) is 0.783. The summed E-state index contributed by atoms with van der Waals surface area (Å²) in [6.07, 6.45) is -3.86. The van der Waals surface area contributed by atoms with Gasteiger partial charge in [0.05, 0.1) is 9.79 Å². The molecular formula is C9H9F3O5S2. The molecule has 0 spiro atoms. The molecule has 0 saturated heterocycles. The van der Waals surface area contributed by atoms with Gasteiger partial charge in [-0.25, -0.2) is 8.42 Å². The van der Waals surface area contributed by atoms with Crippen molar-refractivity contribution in [1.29, 1.82) is 0 Å². The van der Waals surface area contributed by atoms with Crippen LogP contribution in [0.3, 0.4) is 0 Å². The molecule has 10 heteroatoms. The van der Waals surface area contributed by atoms with Gasteiger partial charge in [-0.05, 0) is 24.3 Å². The number of hydrogen-bond acceptors (Lipinski definition) is 5. The van der Waals surface area contributed by atoms with Gasteiger partial charge in [0.1, 0.15) is 0 Å². The standard InChI is InChI=1S/C9H9F3O5S2/c1-18(13,14)7-2-4-8(5-3-7)19(15,16)17-6-9(10,11)12/h2-5H,6H2,1H3. The van der Waals surface area contributed by atoms with Crippen LogP contribution in [0.15, 0.2) is 34.1 Å². The number of rotatable bonds is 4. The molecule has 0 N–H and O–H groups in total. The molecule has 0 unspecified atom stereocenters. The number of halogens is 3. The fourth-order valence-electron chi connectivity index (χ4n) is 1.07. The van der Waals surface area contributed by atoms with E-state index in [0.717, 1.165) is 30.5 Å². The highest BCUT2D eigenvalue weighted by atomic mass is 32.2. The Balaban J connectivity index is 2.98. The van der Waals surface area contributed by atoms with Crippen molar-refractivity contribution in [3.05, 3.63) is 24.3 Å². The predicted molar refractivity (Wildman–Crippen MR) is 58.7 cm³/mol. The minimum atomic E-state index is -4.78. The second-order valence-corrected chi connectivity index (χ2v) is 7.21. The maximum atomic E-state index is 11.9. The fourth-order valence-corrected chi connectivity index (χ4v) is 2.59. The number of alkyl halides is 3. The van der Waals surface area contributed by atoms with Crippen molar-refractivity contribution in [3.8, 4) is 0 Å². The van der Waals surface area contributed by atoms with Crippen LogP contribution in [0.4, 0.5) is 13.2 Å². The van der Waals surface area contributed by atoms with Crippen LogP contribution in [-0.2, 0) is 24.1 Å². The Morgan fingerprint density at radius 3 is 1.79 bits per heavy atom. The third-order valence-electron chi connectivity index (χ3n) is 1.92. The highest BCUT2D eigenvalue weighted by Crippen LogP contribution is 2.20. The Bertz CT molecular complexity index is 644. The van der Waals surface area contributed by atoms with Crippen LogP contribution in [0, 0.1) is 0 Å². The lowest BCUT2D eigenvalue weighted by molar-refractivity contribution is -0.152. The first-order valence-corrected chi connectivity index (χ1v) is 7.98. The molecule has 0 aliphatic rings. The zero-order chi connectivity index (χ0) is 14.9. The Morgan fingerprint density at radius 1 is 1.00 bits per heavy atom. The average molecular weight is 318 g/mol. The van der Waals surface area contributed by atoms with E-state index in [4.69, 9.17) is 0 Å². The lowest BCUT2D eigenvalue weighted by Gasteiger charge is -2.08. The van der Waals surface area contributed by atoms with Gasteiger partial charge >= 0.3 is 6.18 Å². The molecule has 0 heterocycles. The molecule has 0 aliphatic heterocycles. The number of sulfone groups is 1. The highest BCUT2D eigenvalue weighted by molar-refractivity contribution is 7.90. The monoisotopic (exact) mass is 318 g/mol. The van der Waals surface area contributed by atoms with E-state index >= 15 is 0 Å². The summed E-state index contributed by atoms with van der Waals surface area (Å²) in [6.45, 7) is -1.94. The molecule has 1 aromatic carbocycles. The second-order valence-electron chi connectivity index (χ2n) is 3.58. The molecule has 0 saturated carbocycles. The van der Waals surface area contributed by atoms with Crippen LogP contribution in [0.5, 0.6) is 0 Å². The van der Waals surface area contributed by atoms with Gasteiger partial charge in [0.2, 0.25) is 0 Å². The second kappa shape index (κ2) is 5.10. The summed E-state index contributed by atoms with van der Waals surface area (Å²) in [4.78, 5) is -0.702. The lowest BCUT2D eigenvalue weighted by Crippen LogP contribution is -2.20. The highest BCUT2D eigenvalue weighted by Gasteiger charge is 2.31. The summed E-state index contributed by atoms with van der Waals surface area (Å²) >= 11 is 0. The van der Waals surface area contributed by atoms with E-state index in [1.54, 1.807) is 0 Å². The molecule has 1 rings (SSSR count). The summed E-state index contributed by atoms with van der Waals surface area (Å²) in [7, 11) is -8.09. The first-order chi connectivity index (χ1) is 8.42. The maximum Gasteiger partial charge on any atom is 0.413 e. The normalized spacial score (nSPS) is 13.5. The van der Waals surface area contributed by atoms with Crippen LogP contribution in [0.1, 0.15) is 0 Å². The summed E-state index contributed by atoms with van der Waals surface area (Å²) in [5, 5.41) is 0. The molecule has 0 aliphatic carbocycles. The molecule has 5 nitrogen and oxygen atoms in total. The first kappa shape index (κ1) is 15.9.